The molecule has 0 aliphatic rings. The maximum atomic E-state index is 13.0. The van der Waals surface area contributed by atoms with Gasteiger partial charge in [0.05, 0.1) is 13.7 Å². The number of methoxy groups -OCH3 is 2. The van der Waals surface area contributed by atoms with Crippen molar-refractivity contribution in [3.63, 3.8) is 0 Å². The van der Waals surface area contributed by atoms with E-state index in [0.29, 0.717) is 55.2 Å². The first-order valence-electron chi connectivity index (χ1n) is 9.16. The Morgan fingerprint density at radius 2 is 1.81 bits per heavy atom. The van der Waals surface area contributed by atoms with Crippen molar-refractivity contribution in [2.45, 2.75) is 40.7 Å². The molecule has 1 heterocycles. The molecule has 27 heavy (non-hydrogen) atoms. The molecular weight excluding hydrogens is 350 g/mol. The molecule has 1 aromatic heterocycles. The summed E-state index contributed by atoms with van der Waals surface area (Å²) in [6.45, 7) is 9.12. The molecule has 8 heteroatoms. The van der Waals surface area contributed by atoms with E-state index < -0.39 is 5.97 Å². The van der Waals surface area contributed by atoms with Gasteiger partial charge < -0.3 is 24.3 Å². The van der Waals surface area contributed by atoms with Crippen molar-refractivity contribution >= 4 is 17.8 Å². The van der Waals surface area contributed by atoms with Crippen LogP contribution in [0.15, 0.2) is 0 Å². The Morgan fingerprint density at radius 3 is 2.33 bits per heavy atom. The largest absolute Gasteiger partial charge is 0.464 e. The third-order valence-electron chi connectivity index (χ3n) is 4.47. The van der Waals surface area contributed by atoms with Crippen LogP contribution in [-0.4, -0.2) is 67.7 Å². The molecule has 0 spiro atoms. The Balaban J connectivity index is 3.16. The number of carbonyl (C=O) groups is 3. The monoisotopic (exact) mass is 381 g/mol. The normalized spacial score (nSPS) is 10.6. The number of amides is 2. The van der Waals surface area contributed by atoms with E-state index in [2.05, 4.69) is 5.32 Å². The molecule has 0 aliphatic carbocycles. The second-order valence-corrected chi connectivity index (χ2v) is 6.20. The van der Waals surface area contributed by atoms with Gasteiger partial charge in [0.25, 0.3) is 0 Å². The van der Waals surface area contributed by atoms with E-state index in [4.69, 9.17) is 9.47 Å². The molecule has 0 aliphatic heterocycles. The maximum absolute atomic E-state index is 13.0. The second kappa shape index (κ2) is 10.7. The highest BCUT2D eigenvalue weighted by atomic mass is 16.5. The second-order valence-electron chi connectivity index (χ2n) is 6.20. The third-order valence-corrected chi connectivity index (χ3v) is 4.47. The van der Waals surface area contributed by atoms with Crippen LogP contribution in [0, 0.1) is 13.8 Å². The fourth-order valence-electron chi connectivity index (χ4n) is 3.23. The number of esters is 1. The lowest BCUT2D eigenvalue weighted by atomic mass is 10.1. The van der Waals surface area contributed by atoms with Gasteiger partial charge in [-0.1, -0.05) is 0 Å². The lowest BCUT2D eigenvalue weighted by molar-refractivity contribution is 0.0587. The SMILES string of the molecule is CCNC(=O)N(CCCOC)CC(=O)c1c(C)c(C(=O)OC)n(CC)c1C. The van der Waals surface area contributed by atoms with Crippen molar-refractivity contribution in [3.05, 3.63) is 22.5 Å². The van der Waals surface area contributed by atoms with Crippen LogP contribution in [0.3, 0.4) is 0 Å². The Labute approximate surface area is 160 Å². The van der Waals surface area contributed by atoms with Crippen molar-refractivity contribution in [1.82, 2.24) is 14.8 Å². The molecule has 0 saturated carbocycles. The van der Waals surface area contributed by atoms with Gasteiger partial charge >= 0.3 is 12.0 Å². The fourth-order valence-corrected chi connectivity index (χ4v) is 3.23. The molecule has 0 bridgehead atoms. The number of hydrogen-bond acceptors (Lipinski definition) is 5. The van der Waals surface area contributed by atoms with Gasteiger partial charge in [0.2, 0.25) is 0 Å². The average molecular weight is 381 g/mol. The number of ether oxygens (including phenoxy) is 2. The number of Topliss-reactive ketones (excluding diaryl/α,β-unsaturated/α-hetero) is 1. The van der Waals surface area contributed by atoms with E-state index in [1.54, 1.807) is 25.5 Å². The number of nitrogens with zero attached hydrogens (tertiary/aromatic N) is 2. The summed E-state index contributed by atoms with van der Waals surface area (Å²) in [6.07, 6.45) is 0.627. The molecule has 0 unspecified atom stereocenters. The van der Waals surface area contributed by atoms with Crippen LogP contribution >= 0.6 is 0 Å². The smallest absolute Gasteiger partial charge is 0.354 e. The average Bonchev–Trinajstić information content (AvgIpc) is 2.90. The molecule has 8 nitrogen and oxygen atoms in total. The van der Waals surface area contributed by atoms with Crippen molar-refractivity contribution in [3.8, 4) is 0 Å². The zero-order valence-corrected chi connectivity index (χ0v) is 17.2. The minimum Gasteiger partial charge on any atom is -0.464 e. The number of urea groups is 1. The molecule has 0 radical (unpaired) electrons. The highest BCUT2D eigenvalue weighted by Crippen LogP contribution is 2.24. The first-order chi connectivity index (χ1) is 12.8. The fraction of sp³-hybridized carbons (Fsp3) is 0.632. The molecule has 2 amide bonds. The van der Waals surface area contributed by atoms with Gasteiger partial charge in [0, 0.05) is 44.6 Å². The summed E-state index contributed by atoms with van der Waals surface area (Å²) in [5.41, 5.74) is 2.13. The highest BCUT2D eigenvalue weighted by molar-refractivity contribution is 6.04. The molecule has 1 N–H and O–H groups in total. The lowest BCUT2D eigenvalue weighted by Gasteiger charge is -2.22. The van der Waals surface area contributed by atoms with E-state index in [0.717, 1.165) is 0 Å². The molecule has 1 rings (SSSR count). The summed E-state index contributed by atoms with van der Waals surface area (Å²) in [6, 6.07) is -0.291. The van der Waals surface area contributed by atoms with Gasteiger partial charge in [-0.2, -0.15) is 0 Å². The Bertz CT molecular complexity index is 681. The molecule has 0 atom stereocenters. The summed E-state index contributed by atoms with van der Waals surface area (Å²) in [5.74, 6) is -0.678. The maximum Gasteiger partial charge on any atom is 0.354 e. The number of hydrogen-bond donors (Lipinski definition) is 1. The predicted molar refractivity (Wildman–Crippen MR) is 102 cm³/mol. The van der Waals surface area contributed by atoms with Crippen LogP contribution in [0.1, 0.15) is 52.4 Å². The third kappa shape index (κ3) is 5.32. The zero-order chi connectivity index (χ0) is 20.6. The van der Waals surface area contributed by atoms with Crippen molar-refractivity contribution in [2.75, 3.05) is 40.5 Å². The standard InChI is InChI=1S/C19H31N3O5/c1-7-20-19(25)21(10-9-11-26-5)12-15(23)16-13(3)17(18(24)27-6)22(8-2)14(16)4/h7-12H2,1-6H3,(H,20,25). The van der Waals surface area contributed by atoms with Crippen LogP contribution < -0.4 is 5.32 Å². The van der Waals surface area contributed by atoms with Crippen molar-refractivity contribution < 1.29 is 23.9 Å². The number of aromatic nitrogens is 1. The Kier molecular flexibility index (Phi) is 9.00. The molecule has 0 aromatic carbocycles. The summed E-state index contributed by atoms with van der Waals surface area (Å²) in [5, 5.41) is 2.73. The topological polar surface area (TPSA) is 89.9 Å². The molecule has 1 aromatic rings. The summed E-state index contributed by atoms with van der Waals surface area (Å²) < 4.78 is 11.7. The van der Waals surface area contributed by atoms with Gasteiger partial charge in [0.15, 0.2) is 5.78 Å². The number of ketones is 1. The molecule has 0 saturated heterocycles. The summed E-state index contributed by atoms with van der Waals surface area (Å²) in [4.78, 5) is 38.9. The van der Waals surface area contributed by atoms with E-state index in [-0.39, 0.29) is 18.4 Å². The summed E-state index contributed by atoms with van der Waals surface area (Å²) >= 11 is 0. The van der Waals surface area contributed by atoms with E-state index in [1.165, 1.54) is 12.0 Å². The van der Waals surface area contributed by atoms with Crippen LogP contribution in [0.2, 0.25) is 0 Å². The summed E-state index contributed by atoms with van der Waals surface area (Å²) in [7, 11) is 2.91. The number of nitrogens with one attached hydrogen (secondary N) is 1. The predicted octanol–water partition coefficient (Wildman–Crippen LogP) is 2.16. The number of rotatable bonds is 10. The minimum atomic E-state index is -0.475. The molecule has 0 fully saturated rings. The van der Waals surface area contributed by atoms with E-state index >= 15 is 0 Å². The molecular formula is C19H31N3O5. The first kappa shape index (κ1) is 22.7. The molecule has 152 valence electrons. The Hall–Kier alpha value is -2.35. The quantitative estimate of drug-likeness (QED) is 0.381. The van der Waals surface area contributed by atoms with Crippen LogP contribution in [-0.2, 0) is 16.0 Å². The van der Waals surface area contributed by atoms with E-state index in [9.17, 15) is 14.4 Å². The van der Waals surface area contributed by atoms with Crippen LogP contribution in [0.25, 0.3) is 0 Å². The van der Waals surface area contributed by atoms with Crippen molar-refractivity contribution in [2.24, 2.45) is 0 Å². The zero-order valence-electron chi connectivity index (χ0n) is 17.2. The van der Waals surface area contributed by atoms with Crippen LogP contribution in [0.4, 0.5) is 4.79 Å². The highest BCUT2D eigenvalue weighted by Gasteiger charge is 2.28. The Morgan fingerprint density at radius 1 is 1.15 bits per heavy atom. The minimum absolute atomic E-state index is 0.0639. The van der Waals surface area contributed by atoms with Gasteiger partial charge in [-0.3, -0.25) is 4.79 Å². The van der Waals surface area contributed by atoms with E-state index in [1.807, 2.05) is 13.8 Å². The number of carbonyl (C=O) groups excluding carboxylic acids is 3. The van der Waals surface area contributed by atoms with Gasteiger partial charge in [-0.25, -0.2) is 9.59 Å². The van der Waals surface area contributed by atoms with Gasteiger partial charge in [-0.05, 0) is 39.7 Å². The van der Waals surface area contributed by atoms with Gasteiger partial charge in [0.1, 0.15) is 5.69 Å². The van der Waals surface area contributed by atoms with Gasteiger partial charge in [-0.15, -0.1) is 0 Å². The lowest BCUT2D eigenvalue weighted by Crippen LogP contribution is -2.43. The van der Waals surface area contributed by atoms with Crippen LogP contribution in [0.5, 0.6) is 0 Å². The van der Waals surface area contributed by atoms with Crippen molar-refractivity contribution in [1.29, 1.82) is 0 Å². The first-order valence-corrected chi connectivity index (χ1v) is 9.16.